The topological polar surface area (TPSA) is 56.7 Å². The SMILES string of the molecule is Cc1cc(F)c(-c2c(Br)nnn2C)cc1N. The van der Waals surface area contributed by atoms with Crippen LogP contribution in [0.15, 0.2) is 16.7 Å². The first-order valence-corrected chi connectivity index (χ1v) is 5.41. The van der Waals surface area contributed by atoms with Gasteiger partial charge in [0.15, 0.2) is 4.60 Å². The van der Waals surface area contributed by atoms with Crippen molar-refractivity contribution in [2.24, 2.45) is 7.05 Å². The zero-order chi connectivity index (χ0) is 11.9. The molecule has 6 heteroatoms. The molecule has 0 spiro atoms. The van der Waals surface area contributed by atoms with E-state index in [4.69, 9.17) is 5.73 Å². The molecule has 0 aliphatic rings. The number of nitrogens with two attached hydrogens (primary N) is 1. The first kappa shape index (κ1) is 11.1. The quantitative estimate of drug-likeness (QED) is 0.818. The molecule has 0 saturated carbocycles. The maximum absolute atomic E-state index is 13.8. The van der Waals surface area contributed by atoms with Crippen LogP contribution in [0.5, 0.6) is 0 Å². The second-order valence-electron chi connectivity index (χ2n) is 3.54. The molecule has 0 unspecified atom stereocenters. The molecule has 0 bridgehead atoms. The van der Waals surface area contributed by atoms with Crippen LogP contribution >= 0.6 is 15.9 Å². The van der Waals surface area contributed by atoms with Gasteiger partial charge < -0.3 is 5.73 Å². The second kappa shape index (κ2) is 3.86. The summed E-state index contributed by atoms with van der Waals surface area (Å²) < 4.78 is 15.8. The summed E-state index contributed by atoms with van der Waals surface area (Å²) in [7, 11) is 1.70. The Balaban J connectivity index is 2.69. The molecule has 0 amide bonds. The molecule has 1 heterocycles. The minimum absolute atomic E-state index is 0.335. The number of hydrogen-bond donors (Lipinski definition) is 1. The van der Waals surface area contributed by atoms with Gasteiger partial charge in [0, 0.05) is 18.3 Å². The molecule has 16 heavy (non-hydrogen) atoms. The molecule has 0 fully saturated rings. The lowest BCUT2D eigenvalue weighted by molar-refractivity contribution is 0.626. The molecule has 1 aromatic heterocycles. The van der Waals surface area contributed by atoms with E-state index in [9.17, 15) is 4.39 Å². The number of hydrogen-bond acceptors (Lipinski definition) is 3. The van der Waals surface area contributed by atoms with Gasteiger partial charge in [0.2, 0.25) is 0 Å². The summed E-state index contributed by atoms with van der Waals surface area (Å²) >= 11 is 3.23. The third-order valence-corrected chi connectivity index (χ3v) is 2.93. The molecule has 0 radical (unpaired) electrons. The maximum Gasteiger partial charge on any atom is 0.156 e. The predicted molar refractivity (Wildman–Crippen MR) is 63.2 cm³/mol. The van der Waals surface area contributed by atoms with Crippen molar-refractivity contribution in [3.8, 4) is 11.3 Å². The minimum atomic E-state index is -0.335. The van der Waals surface area contributed by atoms with Crippen molar-refractivity contribution in [3.63, 3.8) is 0 Å². The summed E-state index contributed by atoms with van der Waals surface area (Å²) in [6, 6.07) is 3.00. The number of aryl methyl sites for hydroxylation is 2. The number of rotatable bonds is 1. The average molecular weight is 285 g/mol. The lowest BCUT2D eigenvalue weighted by Gasteiger charge is -2.07. The molecule has 1 aromatic carbocycles. The fraction of sp³-hybridized carbons (Fsp3) is 0.200. The van der Waals surface area contributed by atoms with Crippen LogP contribution in [0.3, 0.4) is 0 Å². The Morgan fingerprint density at radius 1 is 1.44 bits per heavy atom. The van der Waals surface area contributed by atoms with E-state index in [2.05, 4.69) is 26.2 Å². The highest BCUT2D eigenvalue weighted by Gasteiger charge is 2.15. The Bertz CT molecular complexity index is 530. The van der Waals surface area contributed by atoms with Crippen molar-refractivity contribution in [2.45, 2.75) is 6.92 Å². The summed E-state index contributed by atoms with van der Waals surface area (Å²) in [5.41, 5.74) is 7.99. The first-order valence-electron chi connectivity index (χ1n) is 4.62. The molecule has 0 aliphatic heterocycles. The number of anilines is 1. The van der Waals surface area contributed by atoms with Gasteiger partial charge in [0.25, 0.3) is 0 Å². The van der Waals surface area contributed by atoms with Crippen LogP contribution in [0.25, 0.3) is 11.3 Å². The molecule has 2 N–H and O–H groups in total. The molecule has 2 aromatic rings. The Morgan fingerprint density at radius 2 is 2.12 bits per heavy atom. The van der Waals surface area contributed by atoms with E-state index < -0.39 is 0 Å². The zero-order valence-electron chi connectivity index (χ0n) is 8.83. The van der Waals surface area contributed by atoms with Gasteiger partial charge in [0.05, 0.1) is 0 Å². The Hall–Kier alpha value is -1.43. The van der Waals surface area contributed by atoms with Crippen LogP contribution in [0.1, 0.15) is 5.56 Å². The fourth-order valence-electron chi connectivity index (χ4n) is 1.49. The number of aromatic nitrogens is 3. The Kier molecular flexibility index (Phi) is 2.67. The molecular formula is C10H10BrFN4. The van der Waals surface area contributed by atoms with Crippen molar-refractivity contribution in [2.75, 3.05) is 5.73 Å². The van der Waals surface area contributed by atoms with Gasteiger partial charge in [-0.1, -0.05) is 5.21 Å². The van der Waals surface area contributed by atoms with E-state index in [-0.39, 0.29) is 5.82 Å². The standard InChI is InChI=1S/C10H10BrFN4/c1-5-3-7(12)6(4-8(5)13)9-10(11)14-15-16(9)2/h3-4H,13H2,1-2H3. The molecule has 2 rings (SSSR count). The lowest BCUT2D eigenvalue weighted by Crippen LogP contribution is -1.99. The summed E-state index contributed by atoms with van der Waals surface area (Å²) in [6.45, 7) is 1.76. The van der Waals surface area contributed by atoms with E-state index in [1.54, 1.807) is 20.0 Å². The van der Waals surface area contributed by atoms with Gasteiger partial charge in [-0.3, -0.25) is 0 Å². The van der Waals surface area contributed by atoms with Gasteiger partial charge in [0.1, 0.15) is 11.5 Å². The largest absolute Gasteiger partial charge is 0.398 e. The summed E-state index contributed by atoms with van der Waals surface area (Å²) in [6.07, 6.45) is 0. The average Bonchev–Trinajstić information content (AvgIpc) is 2.53. The Labute approximate surface area is 100 Å². The van der Waals surface area contributed by atoms with Crippen LogP contribution in [-0.4, -0.2) is 15.0 Å². The molecule has 4 nitrogen and oxygen atoms in total. The van der Waals surface area contributed by atoms with E-state index in [0.29, 0.717) is 27.1 Å². The van der Waals surface area contributed by atoms with Gasteiger partial charge in [-0.15, -0.1) is 5.10 Å². The highest BCUT2D eigenvalue weighted by atomic mass is 79.9. The number of halogens is 2. The van der Waals surface area contributed by atoms with Crippen molar-refractivity contribution < 1.29 is 4.39 Å². The first-order chi connectivity index (χ1) is 7.50. The maximum atomic E-state index is 13.8. The van der Waals surface area contributed by atoms with Crippen LogP contribution in [0, 0.1) is 12.7 Å². The third kappa shape index (κ3) is 1.69. The zero-order valence-corrected chi connectivity index (χ0v) is 10.4. The van der Waals surface area contributed by atoms with Crippen LogP contribution in [0.4, 0.5) is 10.1 Å². The molecule has 0 saturated heterocycles. The highest BCUT2D eigenvalue weighted by molar-refractivity contribution is 9.10. The van der Waals surface area contributed by atoms with Crippen LogP contribution in [-0.2, 0) is 7.05 Å². The monoisotopic (exact) mass is 284 g/mol. The van der Waals surface area contributed by atoms with Crippen molar-refractivity contribution in [1.82, 2.24) is 15.0 Å². The van der Waals surface area contributed by atoms with Gasteiger partial charge in [-0.2, -0.15) is 0 Å². The van der Waals surface area contributed by atoms with Crippen molar-refractivity contribution in [3.05, 3.63) is 28.1 Å². The van der Waals surface area contributed by atoms with Crippen molar-refractivity contribution in [1.29, 1.82) is 0 Å². The Morgan fingerprint density at radius 3 is 2.69 bits per heavy atom. The summed E-state index contributed by atoms with van der Waals surface area (Å²) in [5, 5.41) is 7.61. The third-order valence-electron chi connectivity index (χ3n) is 2.40. The van der Waals surface area contributed by atoms with Gasteiger partial charge in [-0.05, 0) is 40.5 Å². The number of nitrogens with zero attached hydrogens (tertiary/aromatic N) is 3. The number of benzene rings is 1. The van der Waals surface area contributed by atoms with Crippen LogP contribution < -0.4 is 5.73 Å². The normalized spacial score (nSPS) is 10.8. The summed E-state index contributed by atoms with van der Waals surface area (Å²) in [5.74, 6) is -0.335. The smallest absolute Gasteiger partial charge is 0.156 e. The summed E-state index contributed by atoms with van der Waals surface area (Å²) in [4.78, 5) is 0. The van der Waals surface area contributed by atoms with Crippen LogP contribution in [0.2, 0.25) is 0 Å². The van der Waals surface area contributed by atoms with Gasteiger partial charge >= 0.3 is 0 Å². The van der Waals surface area contributed by atoms with E-state index in [1.165, 1.54) is 10.7 Å². The minimum Gasteiger partial charge on any atom is -0.398 e. The molecule has 0 aliphatic carbocycles. The number of nitrogen functional groups attached to an aromatic ring is 1. The molecule has 84 valence electrons. The van der Waals surface area contributed by atoms with E-state index >= 15 is 0 Å². The highest BCUT2D eigenvalue weighted by Crippen LogP contribution is 2.30. The second-order valence-corrected chi connectivity index (χ2v) is 4.29. The molecular weight excluding hydrogens is 275 g/mol. The van der Waals surface area contributed by atoms with Crippen molar-refractivity contribution >= 4 is 21.6 Å². The molecule has 0 atom stereocenters. The van der Waals surface area contributed by atoms with E-state index in [0.717, 1.165) is 0 Å². The van der Waals surface area contributed by atoms with E-state index in [1.807, 2.05) is 0 Å². The lowest BCUT2D eigenvalue weighted by atomic mass is 10.1. The van der Waals surface area contributed by atoms with Gasteiger partial charge in [-0.25, -0.2) is 9.07 Å². The predicted octanol–water partition coefficient (Wildman–Crippen LogP) is 2.27. The fourth-order valence-corrected chi connectivity index (χ4v) is 2.03.